The van der Waals surface area contributed by atoms with E-state index >= 15 is 0 Å². The summed E-state index contributed by atoms with van der Waals surface area (Å²) in [6.07, 6.45) is 1.32. The van der Waals surface area contributed by atoms with Crippen LogP contribution in [-0.4, -0.2) is 38.3 Å². The molecule has 0 bridgehead atoms. The second-order valence-electron chi connectivity index (χ2n) is 3.65. The number of carboxylic acids is 1. The first-order chi connectivity index (χ1) is 9.08. The predicted molar refractivity (Wildman–Crippen MR) is 64.2 cm³/mol. The quantitative estimate of drug-likeness (QED) is 0.678. The van der Waals surface area contributed by atoms with E-state index in [4.69, 9.17) is 5.11 Å². The van der Waals surface area contributed by atoms with Crippen molar-refractivity contribution < 1.29 is 14.7 Å². The van der Waals surface area contributed by atoms with Crippen molar-refractivity contribution in [2.24, 2.45) is 0 Å². The number of aromatic amines is 1. The Balaban J connectivity index is 2.15. The molecule has 2 aromatic rings. The SMILES string of the molecule is O=C(O)CNC(=O)c1ccc(-n2cn[nH]c2=O)cc1. The fourth-order valence-corrected chi connectivity index (χ4v) is 1.46. The Labute approximate surface area is 106 Å². The third-order valence-corrected chi connectivity index (χ3v) is 2.36. The van der Waals surface area contributed by atoms with Gasteiger partial charge in [-0.3, -0.25) is 9.59 Å². The first-order valence-electron chi connectivity index (χ1n) is 5.30. The Kier molecular flexibility index (Phi) is 3.42. The number of H-pyrrole nitrogens is 1. The van der Waals surface area contributed by atoms with Crippen molar-refractivity contribution in [3.63, 3.8) is 0 Å². The van der Waals surface area contributed by atoms with Crippen LogP contribution in [0.2, 0.25) is 0 Å². The summed E-state index contributed by atoms with van der Waals surface area (Å²) in [5, 5.41) is 16.5. The van der Waals surface area contributed by atoms with Crippen LogP contribution in [0.5, 0.6) is 0 Å². The molecular weight excluding hydrogens is 252 g/mol. The third-order valence-electron chi connectivity index (χ3n) is 2.36. The van der Waals surface area contributed by atoms with Gasteiger partial charge in [-0.2, -0.15) is 5.10 Å². The molecule has 0 atom stereocenters. The minimum Gasteiger partial charge on any atom is -0.480 e. The predicted octanol–water partition coefficient (Wildman–Crippen LogP) is -0.625. The number of aliphatic carboxylic acids is 1. The molecule has 1 amide bonds. The Morgan fingerprint density at radius 1 is 1.32 bits per heavy atom. The molecule has 0 aliphatic rings. The first kappa shape index (κ1) is 12.6. The lowest BCUT2D eigenvalue weighted by Gasteiger charge is -2.04. The smallest absolute Gasteiger partial charge is 0.347 e. The molecule has 1 aromatic heterocycles. The van der Waals surface area contributed by atoms with E-state index < -0.39 is 18.4 Å². The van der Waals surface area contributed by atoms with Gasteiger partial charge in [0.05, 0.1) is 5.69 Å². The molecule has 98 valence electrons. The molecule has 2 rings (SSSR count). The van der Waals surface area contributed by atoms with E-state index in [-0.39, 0.29) is 5.69 Å². The van der Waals surface area contributed by atoms with Gasteiger partial charge >= 0.3 is 11.7 Å². The van der Waals surface area contributed by atoms with Crippen LogP contribution >= 0.6 is 0 Å². The largest absolute Gasteiger partial charge is 0.480 e. The molecule has 0 aliphatic heterocycles. The summed E-state index contributed by atoms with van der Waals surface area (Å²) < 4.78 is 1.28. The van der Waals surface area contributed by atoms with Gasteiger partial charge in [-0.1, -0.05) is 0 Å². The summed E-state index contributed by atoms with van der Waals surface area (Å²) >= 11 is 0. The van der Waals surface area contributed by atoms with Crippen molar-refractivity contribution in [3.05, 3.63) is 46.6 Å². The van der Waals surface area contributed by atoms with Crippen molar-refractivity contribution in [2.45, 2.75) is 0 Å². The second-order valence-corrected chi connectivity index (χ2v) is 3.65. The van der Waals surface area contributed by atoms with Gasteiger partial charge in [0.1, 0.15) is 12.9 Å². The summed E-state index contributed by atoms with van der Waals surface area (Å²) in [5.74, 6) is -1.61. The highest BCUT2D eigenvalue weighted by molar-refractivity contribution is 5.95. The molecule has 3 N–H and O–H groups in total. The second kappa shape index (κ2) is 5.17. The molecule has 1 heterocycles. The average molecular weight is 262 g/mol. The number of hydrogen-bond acceptors (Lipinski definition) is 4. The Bertz CT molecular complexity index is 656. The standard InChI is InChI=1S/C11H10N4O4/c16-9(17)5-12-10(18)7-1-3-8(4-2-7)15-6-13-14-11(15)19/h1-4,6H,5H2,(H,12,18)(H,14,19)(H,16,17). The van der Waals surface area contributed by atoms with Gasteiger partial charge in [-0.15, -0.1) is 0 Å². The normalized spacial score (nSPS) is 10.1. The Morgan fingerprint density at radius 2 is 2.00 bits per heavy atom. The summed E-state index contributed by atoms with van der Waals surface area (Å²) in [6, 6.07) is 6.11. The van der Waals surface area contributed by atoms with E-state index in [1.165, 1.54) is 23.0 Å². The minimum absolute atomic E-state index is 0.307. The fourth-order valence-electron chi connectivity index (χ4n) is 1.46. The van der Waals surface area contributed by atoms with Gasteiger partial charge in [0.25, 0.3) is 5.91 Å². The van der Waals surface area contributed by atoms with E-state index in [1.54, 1.807) is 12.1 Å². The molecule has 0 unspecified atom stereocenters. The van der Waals surface area contributed by atoms with Gasteiger partial charge < -0.3 is 10.4 Å². The van der Waals surface area contributed by atoms with Crippen molar-refractivity contribution in [3.8, 4) is 5.69 Å². The van der Waals surface area contributed by atoms with Gasteiger partial charge in [0.15, 0.2) is 0 Å². The molecule has 0 saturated carbocycles. The number of carboxylic acid groups (broad SMARTS) is 1. The topological polar surface area (TPSA) is 117 Å². The molecule has 1 aromatic carbocycles. The highest BCUT2D eigenvalue weighted by Gasteiger charge is 2.07. The van der Waals surface area contributed by atoms with Crippen LogP contribution in [0, 0.1) is 0 Å². The van der Waals surface area contributed by atoms with Gasteiger partial charge in [-0.25, -0.2) is 14.5 Å². The molecule has 8 nitrogen and oxygen atoms in total. The van der Waals surface area contributed by atoms with Gasteiger partial charge in [-0.05, 0) is 24.3 Å². The molecular formula is C11H10N4O4. The van der Waals surface area contributed by atoms with Crippen LogP contribution in [-0.2, 0) is 4.79 Å². The lowest BCUT2D eigenvalue weighted by atomic mass is 10.2. The number of amides is 1. The summed E-state index contributed by atoms with van der Waals surface area (Å²) in [5.41, 5.74) is 0.471. The lowest BCUT2D eigenvalue weighted by Crippen LogP contribution is -2.29. The van der Waals surface area contributed by atoms with E-state index in [0.717, 1.165) is 0 Å². The highest BCUT2D eigenvalue weighted by atomic mass is 16.4. The maximum Gasteiger partial charge on any atom is 0.347 e. The highest BCUT2D eigenvalue weighted by Crippen LogP contribution is 2.07. The van der Waals surface area contributed by atoms with E-state index in [0.29, 0.717) is 11.3 Å². The molecule has 0 saturated heterocycles. The van der Waals surface area contributed by atoms with Gasteiger partial charge in [0.2, 0.25) is 0 Å². The zero-order valence-corrected chi connectivity index (χ0v) is 9.66. The third kappa shape index (κ3) is 2.86. The Hall–Kier alpha value is -2.90. The van der Waals surface area contributed by atoms with Crippen LogP contribution in [0.3, 0.4) is 0 Å². The van der Waals surface area contributed by atoms with E-state index in [2.05, 4.69) is 15.5 Å². The zero-order chi connectivity index (χ0) is 13.8. The van der Waals surface area contributed by atoms with Crippen LogP contribution in [0.25, 0.3) is 5.69 Å². The maximum atomic E-state index is 11.6. The molecule has 8 heteroatoms. The summed E-state index contributed by atoms with van der Waals surface area (Å²) in [6.45, 7) is -0.443. The number of benzene rings is 1. The van der Waals surface area contributed by atoms with Crippen LogP contribution in [0.1, 0.15) is 10.4 Å². The number of aromatic nitrogens is 3. The number of nitrogens with zero attached hydrogens (tertiary/aromatic N) is 2. The van der Waals surface area contributed by atoms with Crippen molar-refractivity contribution in [1.82, 2.24) is 20.1 Å². The lowest BCUT2D eigenvalue weighted by molar-refractivity contribution is -0.135. The average Bonchev–Trinajstić information content (AvgIpc) is 2.82. The fraction of sp³-hybridized carbons (Fsp3) is 0.0909. The van der Waals surface area contributed by atoms with Crippen LogP contribution < -0.4 is 11.0 Å². The molecule has 19 heavy (non-hydrogen) atoms. The zero-order valence-electron chi connectivity index (χ0n) is 9.66. The van der Waals surface area contributed by atoms with Crippen molar-refractivity contribution in [2.75, 3.05) is 6.54 Å². The van der Waals surface area contributed by atoms with Crippen LogP contribution in [0.4, 0.5) is 0 Å². The maximum absolute atomic E-state index is 11.6. The van der Waals surface area contributed by atoms with Gasteiger partial charge in [0, 0.05) is 5.56 Å². The molecule has 0 spiro atoms. The number of carbonyl (C=O) groups excluding carboxylic acids is 1. The van der Waals surface area contributed by atoms with Crippen LogP contribution in [0.15, 0.2) is 35.4 Å². The summed E-state index contributed by atoms with van der Waals surface area (Å²) in [4.78, 5) is 33.2. The number of carbonyl (C=O) groups is 2. The molecule has 0 aliphatic carbocycles. The minimum atomic E-state index is -1.12. The van der Waals surface area contributed by atoms with Crippen molar-refractivity contribution in [1.29, 1.82) is 0 Å². The Morgan fingerprint density at radius 3 is 2.53 bits per heavy atom. The number of hydrogen-bond donors (Lipinski definition) is 3. The molecule has 0 fully saturated rings. The van der Waals surface area contributed by atoms with E-state index in [1.807, 2.05) is 0 Å². The number of nitrogens with one attached hydrogen (secondary N) is 2. The summed E-state index contributed by atoms with van der Waals surface area (Å²) in [7, 11) is 0. The first-order valence-corrected chi connectivity index (χ1v) is 5.30. The van der Waals surface area contributed by atoms with E-state index in [9.17, 15) is 14.4 Å². The number of rotatable bonds is 4. The monoisotopic (exact) mass is 262 g/mol. The van der Waals surface area contributed by atoms with Crippen molar-refractivity contribution >= 4 is 11.9 Å². The molecule has 0 radical (unpaired) electrons.